The number of benzene rings is 6. The van der Waals surface area contributed by atoms with Crippen molar-refractivity contribution in [2.45, 2.75) is 0 Å². The van der Waals surface area contributed by atoms with Gasteiger partial charge in [0.25, 0.3) is 0 Å². The van der Waals surface area contributed by atoms with E-state index in [2.05, 4.69) is 182 Å². The molecule has 0 bridgehead atoms. The van der Waals surface area contributed by atoms with E-state index in [1.54, 1.807) is 0 Å². The van der Waals surface area contributed by atoms with Crippen LogP contribution < -0.4 is 31.8 Å². The van der Waals surface area contributed by atoms with Crippen LogP contribution in [0.2, 0.25) is 0 Å². The molecular formula is C38H36Cl4N2O4P2Pd+2. The molecule has 6 aromatic rings. The first kappa shape index (κ1) is 47.8. The van der Waals surface area contributed by atoms with E-state index in [9.17, 15) is 0 Å². The van der Waals surface area contributed by atoms with Crippen molar-refractivity contribution in [3.05, 3.63) is 202 Å². The molecule has 268 valence electrons. The Morgan fingerprint density at radius 3 is 0.549 bits per heavy atom. The van der Waals surface area contributed by atoms with Crippen molar-refractivity contribution in [1.82, 2.24) is 0 Å². The summed E-state index contributed by atoms with van der Waals surface area (Å²) in [7, 11) is -1.75. The zero-order valence-corrected chi connectivity index (χ0v) is 33.7. The van der Waals surface area contributed by atoms with Crippen LogP contribution >= 0.6 is 62.2 Å². The van der Waals surface area contributed by atoms with Crippen molar-refractivity contribution >= 4 is 94.1 Å². The molecule has 0 spiro atoms. The Morgan fingerprint density at radius 2 is 0.451 bits per heavy atom. The summed E-state index contributed by atoms with van der Waals surface area (Å²) in [5.74, 6) is 0. The fraction of sp³-hybridized carbons (Fsp3) is 0.0526. The standard InChI is InChI=1S/2C18H15P.2CH2Cl2.2HNO2.Pd/c2*1-4-10-16(11-5-1)19(17-12-6-2-7-13-17)18-14-8-3-9-15-18;4*2-1-3;/h2*1-15H;2*1H2;2*(H,2,3);/q;;;;;;+2. The summed E-state index contributed by atoms with van der Waals surface area (Å²) in [6.45, 7) is 0. The van der Waals surface area contributed by atoms with Crippen LogP contribution in [0.5, 0.6) is 0 Å². The average molecular weight is 895 g/mol. The van der Waals surface area contributed by atoms with E-state index in [4.69, 9.17) is 66.6 Å². The Hall–Kier alpha value is -3.20. The minimum Gasteiger partial charge on any atom is -0.444 e. The summed E-state index contributed by atoms with van der Waals surface area (Å²) in [6, 6.07) is 65.0. The van der Waals surface area contributed by atoms with Crippen LogP contribution in [-0.4, -0.2) is 10.7 Å². The Bertz CT molecular complexity index is 1350. The van der Waals surface area contributed by atoms with Gasteiger partial charge in [-0.3, -0.25) is 0 Å². The van der Waals surface area contributed by atoms with Crippen LogP contribution in [0, 0.1) is 20.2 Å². The molecule has 0 aliphatic heterocycles. The molecule has 0 aliphatic carbocycles. The van der Waals surface area contributed by atoms with Crippen LogP contribution in [0.4, 0.5) is 0 Å². The van der Waals surface area contributed by atoms with E-state index in [1.165, 1.54) is 31.8 Å². The van der Waals surface area contributed by atoms with E-state index >= 15 is 0 Å². The van der Waals surface area contributed by atoms with Gasteiger partial charge in [0, 0.05) is 0 Å². The summed E-state index contributed by atoms with van der Waals surface area (Å²) in [5.41, 5.74) is 0. The third kappa shape index (κ3) is 19.8. The minimum atomic E-state index is -0.877. The molecule has 0 fully saturated rings. The molecule has 0 aromatic heterocycles. The molecule has 0 aliphatic rings. The fourth-order valence-corrected chi connectivity index (χ4v) is 9.78. The third-order valence-electron chi connectivity index (χ3n) is 6.37. The third-order valence-corrected chi connectivity index (χ3v) is 11.8. The second-order valence-electron chi connectivity index (χ2n) is 9.30. The van der Waals surface area contributed by atoms with E-state index in [1.807, 2.05) is 0 Å². The van der Waals surface area contributed by atoms with Gasteiger partial charge in [-0.15, -0.1) is 57.1 Å². The van der Waals surface area contributed by atoms with E-state index in [-0.39, 0.29) is 31.1 Å². The van der Waals surface area contributed by atoms with Crippen LogP contribution in [0.25, 0.3) is 0 Å². The normalized spacial score (nSPS) is 9.06. The average Bonchev–Trinajstić information content (AvgIpc) is 3.16. The van der Waals surface area contributed by atoms with Gasteiger partial charge in [0.1, 0.15) is 31.8 Å². The van der Waals surface area contributed by atoms with Gasteiger partial charge in [0.2, 0.25) is 0 Å². The van der Waals surface area contributed by atoms with Crippen LogP contribution in [0.1, 0.15) is 0 Å². The molecule has 6 aromatic carbocycles. The zero-order chi connectivity index (χ0) is 36.7. The largest absolute Gasteiger partial charge is 2.00 e. The molecule has 13 heteroatoms. The Balaban J connectivity index is 0.000000740. The fourth-order valence-electron chi connectivity index (χ4n) is 4.63. The van der Waals surface area contributed by atoms with Gasteiger partial charge >= 0.3 is 20.4 Å². The monoisotopic (exact) mass is 892 g/mol. The maximum atomic E-state index is 8.00. The minimum absolute atomic E-state index is 0. The van der Waals surface area contributed by atoms with E-state index in [0.29, 0.717) is 0 Å². The van der Waals surface area contributed by atoms with Gasteiger partial charge in [0.05, 0.1) is 26.5 Å². The van der Waals surface area contributed by atoms with Gasteiger partial charge in [-0.05, 0) is 72.8 Å². The van der Waals surface area contributed by atoms with E-state index in [0.717, 1.165) is 10.7 Å². The first-order chi connectivity index (χ1) is 24.6. The first-order valence-corrected chi connectivity index (χ1v) is 19.9. The molecule has 0 saturated heterocycles. The van der Waals surface area contributed by atoms with Crippen molar-refractivity contribution in [3.8, 4) is 0 Å². The number of halogens is 4. The van der Waals surface area contributed by atoms with Crippen LogP contribution in [-0.2, 0) is 20.4 Å². The molecular weight excluding hydrogens is 859 g/mol. The van der Waals surface area contributed by atoms with Gasteiger partial charge in [-0.1, -0.05) is 109 Å². The molecule has 6 nitrogen and oxygen atoms in total. The molecule has 0 radical (unpaired) electrons. The smallest absolute Gasteiger partial charge is 0.444 e. The zero-order valence-electron chi connectivity index (χ0n) is 27.1. The topological polar surface area (TPSA) is 105 Å². The summed E-state index contributed by atoms with van der Waals surface area (Å²) in [5, 5.41) is 27.0. The Labute approximate surface area is 335 Å². The SMILES string of the molecule is ClCCl.ClCCl.O=N[O-].O=N[O-].[Pd+2].c1ccc([PH+](c2ccccc2)c2ccccc2)cc1.c1ccc([PH+](c2ccccc2)c2ccccc2)cc1. The molecule has 51 heavy (non-hydrogen) atoms. The molecule has 0 amide bonds. The molecule has 0 N–H and O–H groups in total. The van der Waals surface area contributed by atoms with Gasteiger partial charge < -0.3 is 20.2 Å². The maximum Gasteiger partial charge on any atom is 2.00 e. The summed E-state index contributed by atoms with van der Waals surface area (Å²) in [6.07, 6.45) is 0. The van der Waals surface area contributed by atoms with Gasteiger partial charge in [0.15, 0.2) is 0 Å². The van der Waals surface area contributed by atoms with Crippen molar-refractivity contribution < 1.29 is 20.4 Å². The summed E-state index contributed by atoms with van der Waals surface area (Å²) in [4.78, 5) is 16.0. The van der Waals surface area contributed by atoms with Gasteiger partial charge in [-0.2, -0.15) is 0 Å². The first-order valence-electron chi connectivity index (χ1n) is 14.8. The Kier molecular flexibility index (Phi) is 30.6. The number of hydrogen-bond acceptors (Lipinski definition) is 6. The second kappa shape index (κ2) is 32.7. The quantitative estimate of drug-likeness (QED) is 0.0546. The molecule has 6 rings (SSSR count). The van der Waals surface area contributed by atoms with Gasteiger partial charge in [-0.25, -0.2) is 0 Å². The van der Waals surface area contributed by atoms with Crippen molar-refractivity contribution in [3.63, 3.8) is 0 Å². The predicted molar refractivity (Wildman–Crippen MR) is 225 cm³/mol. The molecule has 0 heterocycles. The summed E-state index contributed by atoms with van der Waals surface area (Å²) < 4.78 is 0. The second-order valence-corrected chi connectivity index (χ2v) is 15.9. The predicted octanol–water partition coefficient (Wildman–Crippen LogP) is 9.70. The molecule has 0 unspecified atom stereocenters. The Morgan fingerprint density at radius 1 is 0.353 bits per heavy atom. The van der Waals surface area contributed by atoms with Crippen LogP contribution in [0.15, 0.2) is 193 Å². The van der Waals surface area contributed by atoms with Crippen LogP contribution in [0.3, 0.4) is 0 Å². The number of alkyl halides is 4. The van der Waals surface area contributed by atoms with Crippen molar-refractivity contribution in [2.75, 3.05) is 10.7 Å². The van der Waals surface area contributed by atoms with Crippen molar-refractivity contribution in [1.29, 1.82) is 0 Å². The van der Waals surface area contributed by atoms with Crippen molar-refractivity contribution in [2.24, 2.45) is 10.7 Å². The number of nitrogens with zero attached hydrogens (tertiary/aromatic N) is 2. The number of hydrogen-bond donors (Lipinski definition) is 0. The molecule has 0 atom stereocenters. The molecule has 0 saturated carbocycles. The number of rotatable bonds is 6. The van der Waals surface area contributed by atoms with E-state index < -0.39 is 15.8 Å². The maximum absolute atomic E-state index is 8.00. The summed E-state index contributed by atoms with van der Waals surface area (Å²) >= 11 is 19.1.